The van der Waals surface area contributed by atoms with Crippen LogP contribution in [0.25, 0.3) is 0 Å². The van der Waals surface area contributed by atoms with Gasteiger partial charge in [-0.15, -0.1) is 0 Å². The summed E-state index contributed by atoms with van der Waals surface area (Å²) in [5.74, 6) is 0.245. The van der Waals surface area contributed by atoms with Crippen LogP contribution in [0.2, 0.25) is 5.02 Å². The van der Waals surface area contributed by atoms with E-state index in [9.17, 15) is 9.59 Å². The second-order valence-electron chi connectivity index (χ2n) is 7.75. The fourth-order valence-electron chi connectivity index (χ4n) is 3.42. The van der Waals surface area contributed by atoms with Crippen LogP contribution in [-0.2, 0) is 22.4 Å². The Bertz CT molecular complexity index is 1250. The number of carbonyl (C=O) groups is 2. The highest BCUT2D eigenvalue weighted by atomic mass is 35.5. The van der Waals surface area contributed by atoms with Gasteiger partial charge in [0, 0.05) is 40.5 Å². The fourth-order valence-corrected chi connectivity index (χ4v) is 3.65. The first kappa shape index (κ1) is 22.5. The van der Waals surface area contributed by atoms with Gasteiger partial charge in [-0.2, -0.15) is 0 Å². The Morgan fingerprint density at radius 1 is 1.21 bits per heavy atom. The van der Waals surface area contributed by atoms with Gasteiger partial charge in [-0.05, 0) is 49.7 Å². The average Bonchev–Trinajstić information content (AvgIpc) is 3.41. The van der Waals surface area contributed by atoms with E-state index in [4.69, 9.17) is 25.5 Å². The first-order chi connectivity index (χ1) is 15.8. The van der Waals surface area contributed by atoms with Crippen molar-refractivity contribution in [1.29, 1.82) is 0 Å². The lowest BCUT2D eigenvalue weighted by Crippen LogP contribution is -2.13. The lowest BCUT2D eigenvalue weighted by Gasteiger charge is -2.09. The maximum atomic E-state index is 12.5. The monoisotopic (exact) mass is 467 g/mol. The second-order valence-corrected chi connectivity index (χ2v) is 8.16. The van der Waals surface area contributed by atoms with Crippen molar-refractivity contribution in [3.63, 3.8) is 0 Å². The molecule has 0 fully saturated rings. The molecule has 0 saturated heterocycles. The van der Waals surface area contributed by atoms with E-state index in [-0.39, 0.29) is 30.2 Å². The van der Waals surface area contributed by atoms with Crippen molar-refractivity contribution in [2.75, 3.05) is 12.4 Å². The lowest BCUT2D eigenvalue weighted by atomic mass is 10.0. The smallest absolute Gasteiger partial charge is 0.310 e. The summed E-state index contributed by atoms with van der Waals surface area (Å²) in [6.45, 7) is 3.62. The number of nitrogens with zero attached hydrogens (tertiary/aromatic N) is 2. The van der Waals surface area contributed by atoms with E-state index in [1.54, 1.807) is 30.5 Å². The first-order valence-corrected chi connectivity index (χ1v) is 10.7. The van der Waals surface area contributed by atoms with Crippen molar-refractivity contribution < 1.29 is 23.5 Å². The van der Waals surface area contributed by atoms with Crippen molar-refractivity contribution in [2.24, 2.45) is 4.99 Å². The minimum absolute atomic E-state index is 0.127. The van der Waals surface area contributed by atoms with Crippen LogP contribution >= 0.6 is 11.6 Å². The van der Waals surface area contributed by atoms with Crippen molar-refractivity contribution >= 4 is 40.7 Å². The summed E-state index contributed by atoms with van der Waals surface area (Å²) in [4.78, 5) is 33.4. The topological polar surface area (TPSA) is 103 Å². The summed E-state index contributed by atoms with van der Waals surface area (Å²) < 4.78 is 15.5. The number of furan rings is 1. The van der Waals surface area contributed by atoms with Gasteiger partial charge >= 0.3 is 5.97 Å². The Hall–Kier alpha value is -3.65. The predicted octanol–water partition coefficient (Wildman–Crippen LogP) is 4.76. The molecule has 170 valence electrons. The molecule has 2 aromatic heterocycles. The highest BCUT2D eigenvalue weighted by Gasteiger charge is 2.21. The molecule has 9 heteroatoms. The molecule has 33 heavy (non-hydrogen) atoms. The number of amides is 1. The number of hydrogen-bond donors (Lipinski definition) is 1. The van der Waals surface area contributed by atoms with Gasteiger partial charge in [0.1, 0.15) is 0 Å². The van der Waals surface area contributed by atoms with Crippen LogP contribution in [0.15, 0.2) is 52.0 Å². The molecule has 0 saturated carbocycles. The molecule has 1 aromatic carbocycles. The number of methoxy groups -OCH3 is 1. The summed E-state index contributed by atoms with van der Waals surface area (Å²) in [6, 6.07) is 10.2. The van der Waals surface area contributed by atoms with Gasteiger partial charge in [-0.3, -0.25) is 9.59 Å². The van der Waals surface area contributed by atoms with E-state index in [0.29, 0.717) is 28.5 Å². The lowest BCUT2D eigenvalue weighted by molar-refractivity contribution is -0.146. The zero-order valence-corrected chi connectivity index (χ0v) is 19.1. The Labute approximate surface area is 195 Å². The number of esters is 1. The second kappa shape index (κ2) is 9.46. The average molecular weight is 468 g/mol. The number of anilines is 1. The molecule has 0 spiro atoms. The van der Waals surface area contributed by atoms with E-state index < -0.39 is 5.91 Å². The summed E-state index contributed by atoms with van der Waals surface area (Å²) >= 11 is 6.43. The molecule has 3 heterocycles. The normalized spacial score (nSPS) is 12.3. The number of aliphatic imine (C=N–C) groups is 1. The molecule has 0 aliphatic carbocycles. The van der Waals surface area contributed by atoms with E-state index in [1.165, 1.54) is 13.2 Å². The molecule has 8 nitrogen and oxygen atoms in total. The third-order valence-corrected chi connectivity index (χ3v) is 5.18. The molecule has 1 amide bonds. The van der Waals surface area contributed by atoms with E-state index >= 15 is 0 Å². The van der Waals surface area contributed by atoms with Crippen LogP contribution in [0.3, 0.4) is 0 Å². The Kier molecular flexibility index (Phi) is 6.46. The molecular weight excluding hydrogens is 446 g/mol. The minimum Gasteiger partial charge on any atom is -0.468 e. The largest absolute Gasteiger partial charge is 0.468 e. The predicted molar refractivity (Wildman–Crippen MR) is 124 cm³/mol. The third-order valence-electron chi connectivity index (χ3n) is 4.86. The van der Waals surface area contributed by atoms with Gasteiger partial charge < -0.3 is 19.2 Å². The number of benzene rings is 1. The summed E-state index contributed by atoms with van der Waals surface area (Å²) in [5.41, 5.74) is 3.61. The number of carbonyl (C=O) groups excluding carboxylic acids is 2. The number of nitrogens with one attached hydrogen (secondary N) is 1. The summed E-state index contributed by atoms with van der Waals surface area (Å²) in [5, 5.41) is 3.29. The van der Waals surface area contributed by atoms with Crippen molar-refractivity contribution in [1.82, 2.24) is 4.98 Å². The number of halogens is 1. The van der Waals surface area contributed by atoms with E-state index in [1.807, 2.05) is 19.9 Å². The number of fused-ring (bicyclic) bond motifs is 1. The number of aromatic nitrogens is 1. The van der Waals surface area contributed by atoms with E-state index in [0.717, 1.165) is 16.8 Å². The van der Waals surface area contributed by atoms with Gasteiger partial charge in [-0.1, -0.05) is 11.6 Å². The van der Waals surface area contributed by atoms with Crippen LogP contribution in [0.1, 0.15) is 41.1 Å². The molecule has 0 unspecified atom stereocenters. The van der Waals surface area contributed by atoms with Crippen LogP contribution in [0.4, 0.5) is 11.5 Å². The van der Waals surface area contributed by atoms with Gasteiger partial charge in [-0.25, -0.2) is 9.98 Å². The van der Waals surface area contributed by atoms with Gasteiger partial charge in [0.15, 0.2) is 11.6 Å². The van der Waals surface area contributed by atoms with Crippen molar-refractivity contribution in [3.8, 4) is 5.95 Å². The SMILES string of the molecule is COc1ccc(C(=O)Nc2ccc(Cl)c(C3=Nc4ncc(CC(=O)OC(C)C)cc4C3)c2)o1. The van der Waals surface area contributed by atoms with Crippen molar-refractivity contribution in [2.45, 2.75) is 32.8 Å². The Balaban J connectivity index is 1.49. The molecular formula is C24H22ClN3O5. The quantitative estimate of drug-likeness (QED) is 0.502. The zero-order valence-electron chi connectivity index (χ0n) is 18.3. The Morgan fingerprint density at radius 2 is 2.03 bits per heavy atom. The molecule has 1 N–H and O–H groups in total. The highest BCUT2D eigenvalue weighted by Crippen LogP contribution is 2.31. The summed E-state index contributed by atoms with van der Waals surface area (Å²) in [6.07, 6.45) is 2.11. The van der Waals surface area contributed by atoms with E-state index in [2.05, 4.69) is 15.3 Å². The van der Waals surface area contributed by atoms with Crippen molar-refractivity contribution in [3.05, 3.63) is 70.1 Å². The molecule has 1 aliphatic heterocycles. The standard InChI is InChI=1S/C24H22ClN3O5/c1-13(2)32-21(29)9-14-8-15-10-19(28-23(15)26-12-14)17-11-16(4-5-18(17)25)27-24(30)20-6-7-22(31-3)33-20/h4-8,11-13H,9-10H2,1-3H3,(H,27,30). The highest BCUT2D eigenvalue weighted by molar-refractivity contribution is 6.34. The third kappa shape index (κ3) is 5.23. The van der Waals surface area contributed by atoms with Crippen LogP contribution < -0.4 is 10.1 Å². The number of rotatable bonds is 7. The zero-order chi connectivity index (χ0) is 23.5. The van der Waals surface area contributed by atoms with Gasteiger partial charge in [0.2, 0.25) is 0 Å². The number of pyridine rings is 1. The molecule has 4 rings (SSSR count). The number of ether oxygens (including phenoxy) is 2. The maximum Gasteiger partial charge on any atom is 0.310 e. The van der Waals surface area contributed by atoms with Crippen LogP contribution in [-0.4, -0.2) is 35.8 Å². The fraction of sp³-hybridized carbons (Fsp3) is 0.250. The van der Waals surface area contributed by atoms with Crippen LogP contribution in [0, 0.1) is 0 Å². The minimum atomic E-state index is -0.414. The van der Waals surface area contributed by atoms with Gasteiger partial charge in [0.05, 0.1) is 25.3 Å². The maximum absolute atomic E-state index is 12.5. The first-order valence-electron chi connectivity index (χ1n) is 10.3. The number of hydrogen-bond acceptors (Lipinski definition) is 7. The summed E-state index contributed by atoms with van der Waals surface area (Å²) in [7, 11) is 1.46. The molecule has 3 aromatic rings. The van der Waals surface area contributed by atoms with Crippen LogP contribution in [0.5, 0.6) is 5.95 Å². The molecule has 0 atom stereocenters. The van der Waals surface area contributed by atoms with Gasteiger partial charge in [0.25, 0.3) is 11.9 Å². The molecule has 0 bridgehead atoms. The Morgan fingerprint density at radius 3 is 2.76 bits per heavy atom. The molecule has 0 radical (unpaired) electrons. The molecule has 1 aliphatic rings.